The zero-order chi connectivity index (χ0) is 13.9. The number of nitrogens with two attached hydrogens (primary N) is 1. The summed E-state index contributed by atoms with van der Waals surface area (Å²) >= 11 is 0. The van der Waals surface area contributed by atoms with E-state index in [-0.39, 0.29) is 6.04 Å². The Labute approximate surface area is 118 Å². The summed E-state index contributed by atoms with van der Waals surface area (Å²) in [7, 11) is 0. The first-order chi connectivity index (χ1) is 9.72. The molecule has 1 atom stereocenters. The quantitative estimate of drug-likeness (QED) is 0.789. The Morgan fingerprint density at radius 3 is 2.80 bits per heavy atom. The van der Waals surface area contributed by atoms with Crippen LogP contribution in [0.3, 0.4) is 0 Å². The van der Waals surface area contributed by atoms with Crippen LogP contribution >= 0.6 is 0 Å². The van der Waals surface area contributed by atoms with Gasteiger partial charge >= 0.3 is 0 Å². The van der Waals surface area contributed by atoms with Gasteiger partial charge in [0.2, 0.25) is 0 Å². The largest absolute Gasteiger partial charge is 0.322 e. The van der Waals surface area contributed by atoms with Crippen LogP contribution in [-0.2, 0) is 6.42 Å². The van der Waals surface area contributed by atoms with Crippen molar-refractivity contribution in [3.63, 3.8) is 0 Å². The first kappa shape index (κ1) is 12.8. The Balaban J connectivity index is 1.85. The SMILES string of the molecule is Cc1ccnc(C(N)Cc2ccc3ccccc3n2)c1. The van der Waals surface area contributed by atoms with Gasteiger partial charge in [-0.25, -0.2) is 0 Å². The molecule has 100 valence electrons. The molecule has 0 radical (unpaired) electrons. The maximum Gasteiger partial charge on any atom is 0.0705 e. The summed E-state index contributed by atoms with van der Waals surface area (Å²) in [5.41, 5.74) is 10.3. The van der Waals surface area contributed by atoms with E-state index < -0.39 is 0 Å². The molecule has 0 saturated heterocycles. The average molecular weight is 263 g/mol. The van der Waals surface area contributed by atoms with E-state index in [1.165, 1.54) is 5.56 Å². The van der Waals surface area contributed by atoms with Crippen LogP contribution in [-0.4, -0.2) is 9.97 Å². The molecule has 3 rings (SSSR count). The number of aryl methyl sites for hydroxylation is 1. The van der Waals surface area contributed by atoms with Crippen molar-refractivity contribution in [3.8, 4) is 0 Å². The van der Waals surface area contributed by atoms with Gasteiger partial charge in [-0.3, -0.25) is 9.97 Å². The van der Waals surface area contributed by atoms with Gasteiger partial charge in [-0.15, -0.1) is 0 Å². The van der Waals surface area contributed by atoms with E-state index in [1.807, 2.05) is 43.3 Å². The van der Waals surface area contributed by atoms with E-state index in [9.17, 15) is 0 Å². The minimum atomic E-state index is -0.122. The predicted octanol–water partition coefficient (Wildman–Crippen LogP) is 3.18. The van der Waals surface area contributed by atoms with Crippen molar-refractivity contribution < 1.29 is 0 Å². The van der Waals surface area contributed by atoms with Crippen LogP contribution in [0.25, 0.3) is 10.9 Å². The first-order valence-corrected chi connectivity index (χ1v) is 6.75. The summed E-state index contributed by atoms with van der Waals surface area (Å²) < 4.78 is 0. The van der Waals surface area contributed by atoms with Gasteiger partial charge in [-0.2, -0.15) is 0 Å². The Hall–Kier alpha value is -2.26. The van der Waals surface area contributed by atoms with Crippen molar-refractivity contribution in [3.05, 3.63) is 71.7 Å². The highest BCUT2D eigenvalue weighted by molar-refractivity contribution is 5.78. The summed E-state index contributed by atoms with van der Waals surface area (Å²) in [5, 5.41) is 1.15. The van der Waals surface area contributed by atoms with E-state index in [0.717, 1.165) is 22.3 Å². The van der Waals surface area contributed by atoms with Crippen molar-refractivity contribution in [2.45, 2.75) is 19.4 Å². The predicted molar refractivity (Wildman–Crippen MR) is 81.3 cm³/mol. The zero-order valence-corrected chi connectivity index (χ0v) is 11.5. The molecule has 0 aliphatic carbocycles. The van der Waals surface area contributed by atoms with Crippen molar-refractivity contribution in [1.29, 1.82) is 0 Å². The number of hydrogen-bond donors (Lipinski definition) is 1. The Bertz CT molecular complexity index is 737. The highest BCUT2D eigenvalue weighted by Gasteiger charge is 2.10. The zero-order valence-electron chi connectivity index (χ0n) is 11.5. The third kappa shape index (κ3) is 2.68. The molecule has 1 aromatic carbocycles. The molecule has 0 amide bonds. The molecule has 0 aliphatic heterocycles. The van der Waals surface area contributed by atoms with Crippen LogP contribution in [0.15, 0.2) is 54.7 Å². The number of rotatable bonds is 3. The van der Waals surface area contributed by atoms with E-state index in [1.54, 1.807) is 6.20 Å². The normalized spacial score (nSPS) is 12.5. The second-order valence-electron chi connectivity index (χ2n) is 5.06. The lowest BCUT2D eigenvalue weighted by Gasteiger charge is -2.11. The molecule has 1 unspecified atom stereocenters. The van der Waals surface area contributed by atoms with Crippen molar-refractivity contribution in [2.75, 3.05) is 0 Å². The molecule has 0 fully saturated rings. The molecule has 2 N–H and O–H groups in total. The fourth-order valence-electron chi connectivity index (χ4n) is 2.31. The highest BCUT2D eigenvalue weighted by Crippen LogP contribution is 2.17. The topological polar surface area (TPSA) is 51.8 Å². The van der Waals surface area contributed by atoms with Gasteiger partial charge in [0, 0.05) is 23.7 Å². The molecule has 0 bridgehead atoms. The minimum absolute atomic E-state index is 0.122. The van der Waals surface area contributed by atoms with Crippen molar-refractivity contribution in [1.82, 2.24) is 9.97 Å². The van der Waals surface area contributed by atoms with Crippen LogP contribution < -0.4 is 5.73 Å². The van der Waals surface area contributed by atoms with Crippen LogP contribution in [0.4, 0.5) is 0 Å². The molecule has 0 aliphatic rings. The van der Waals surface area contributed by atoms with Crippen molar-refractivity contribution in [2.24, 2.45) is 5.73 Å². The van der Waals surface area contributed by atoms with Crippen molar-refractivity contribution >= 4 is 10.9 Å². The van der Waals surface area contributed by atoms with Gasteiger partial charge in [-0.1, -0.05) is 24.3 Å². The molecule has 20 heavy (non-hydrogen) atoms. The smallest absolute Gasteiger partial charge is 0.0705 e. The number of fused-ring (bicyclic) bond motifs is 1. The third-order valence-corrected chi connectivity index (χ3v) is 3.40. The average Bonchev–Trinajstić information content (AvgIpc) is 2.47. The molecular weight excluding hydrogens is 246 g/mol. The number of aromatic nitrogens is 2. The summed E-state index contributed by atoms with van der Waals surface area (Å²) in [4.78, 5) is 9.00. The molecular formula is C17H17N3. The van der Waals surface area contributed by atoms with E-state index >= 15 is 0 Å². The second-order valence-corrected chi connectivity index (χ2v) is 5.06. The first-order valence-electron chi connectivity index (χ1n) is 6.75. The fourth-order valence-corrected chi connectivity index (χ4v) is 2.31. The standard InChI is InChI=1S/C17H17N3/c1-12-8-9-19-17(10-12)15(18)11-14-7-6-13-4-2-3-5-16(13)20-14/h2-10,15H,11,18H2,1H3. The van der Waals surface area contributed by atoms with Gasteiger partial charge in [-0.05, 0) is 36.8 Å². The van der Waals surface area contributed by atoms with E-state index in [2.05, 4.69) is 22.1 Å². The van der Waals surface area contributed by atoms with E-state index in [4.69, 9.17) is 5.73 Å². The van der Waals surface area contributed by atoms with Gasteiger partial charge < -0.3 is 5.73 Å². The monoisotopic (exact) mass is 263 g/mol. The summed E-state index contributed by atoms with van der Waals surface area (Å²) in [6.07, 6.45) is 2.50. The lowest BCUT2D eigenvalue weighted by Crippen LogP contribution is -2.15. The molecule has 3 heteroatoms. The van der Waals surface area contributed by atoms with Crippen LogP contribution in [0.5, 0.6) is 0 Å². The molecule has 3 aromatic rings. The number of pyridine rings is 2. The highest BCUT2D eigenvalue weighted by atomic mass is 14.8. The molecule has 0 saturated carbocycles. The van der Waals surface area contributed by atoms with Gasteiger partial charge in [0.25, 0.3) is 0 Å². The molecule has 3 nitrogen and oxygen atoms in total. The van der Waals surface area contributed by atoms with Crippen LogP contribution in [0, 0.1) is 6.92 Å². The summed E-state index contributed by atoms with van der Waals surface area (Å²) in [5.74, 6) is 0. The molecule has 0 spiro atoms. The fraction of sp³-hybridized carbons (Fsp3) is 0.176. The number of para-hydroxylation sites is 1. The Morgan fingerprint density at radius 2 is 1.95 bits per heavy atom. The van der Waals surface area contributed by atoms with Gasteiger partial charge in [0.15, 0.2) is 0 Å². The summed E-state index contributed by atoms with van der Waals surface area (Å²) in [6, 6.07) is 16.1. The van der Waals surface area contributed by atoms with Gasteiger partial charge in [0.1, 0.15) is 0 Å². The lowest BCUT2D eigenvalue weighted by atomic mass is 10.1. The number of nitrogens with zero attached hydrogens (tertiary/aromatic N) is 2. The van der Waals surface area contributed by atoms with Crippen LogP contribution in [0.1, 0.15) is 23.0 Å². The lowest BCUT2D eigenvalue weighted by molar-refractivity contribution is 0.684. The maximum absolute atomic E-state index is 6.24. The number of hydrogen-bond acceptors (Lipinski definition) is 3. The van der Waals surface area contributed by atoms with E-state index in [0.29, 0.717) is 6.42 Å². The van der Waals surface area contributed by atoms with Crippen LogP contribution in [0.2, 0.25) is 0 Å². The molecule has 2 heterocycles. The number of benzene rings is 1. The maximum atomic E-state index is 6.24. The Kier molecular flexibility index (Phi) is 3.44. The molecule has 2 aromatic heterocycles. The third-order valence-electron chi connectivity index (χ3n) is 3.40. The second kappa shape index (κ2) is 5.39. The Morgan fingerprint density at radius 1 is 1.10 bits per heavy atom. The summed E-state index contributed by atoms with van der Waals surface area (Å²) in [6.45, 7) is 2.05. The minimum Gasteiger partial charge on any atom is -0.322 e. The van der Waals surface area contributed by atoms with Gasteiger partial charge in [0.05, 0.1) is 17.3 Å².